The van der Waals surface area contributed by atoms with Crippen LogP contribution < -0.4 is 5.32 Å². The molecule has 0 radical (unpaired) electrons. The molecule has 1 aromatic carbocycles. The highest BCUT2D eigenvalue weighted by Gasteiger charge is 2.26. The molecule has 98 valence electrons. The standard InChI is InChI=1S/C15H21ClN2/c1-14(2,3)10-15(4,5)18-13-8-6-7-12(16)11(13)9-17/h6-8,18H,10H2,1-5H3. The van der Waals surface area contributed by atoms with Gasteiger partial charge in [-0.15, -0.1) is 0 Å². The van der Waals surface area contributed by atoms with Gasteiger partial charge in [0.15, 0.2) is 0 Å². The maximum Gasteiger partial charge on any atom is 0.103 e. The molecule has 0 spiro atoms. The van der Waals surface area contributed by atoms with Crippen molar-refractivity contribution in [1.82, 2.24) is 0 Å². The Hall–Kier alpha value is -1.20. The number of rotatable bonds is 3. The van der Waals surface area contributed by atoms with Crippen LogP contribution >= 0.6 is 11.6 Å². The molecule has 0 atom stereocenters. The Morgan fingerprint density at radius 2 is 1.83 bits per heavy atom. The van der Waals surface area contributed by atoms with E-state index in [0.717, 1.165) is 12.1 Å². The lowest BCUT2D eigenvalue weighted by Gasteiger charge is -2.34. The number of halogens is 1. The summed E-state index contributed by atoms with van der Waals surface area (Å²) in [5, 5.41) is 13.1. The van der Waals surface area contributed by atoms with Crippen LogP contribution in [0, 0.1) is 16.7 Å². The van der Waals surface area contributed by atoms with Crippen LogP contribution in [-0.4, -0.2) is 5.54 Å². The monoisotopic (exact) mass is 264 g/mol. The van der Waals surface area contributed by atoms with E-state index in [4.69, 9.17) is 16.9 Å². The maximum absolute atomic E-state index is 9.15. The van der Waals surface area contributed by atoms with Gasteiger partial charge in [0.05, 0.1) is 16.3 Å². The summed E-state index contributed by atoms with van der Waals surface area (Å²) in [4.78, 5) is 0. The van der Waals surface area contributed by atoms with Gasteiger partial charge in [0.1, 0.15) is 6.07 Å². The summed E-state index contributed by atoms with van der Waals surface area (Å²) >= 11 is 6.03. The second-order valence-corrected chi connectivity index (χ2v) is 6.93. The second kappa shape index (κ2) is 5.20. The van der Waals surface area contributed by atoms with Crippen molar-refractivity contribution in [1.29, 1.82) is 5.26 Å². The van der Waals surface area contributed by atoms with Gasteiger partial charge in [-0.2, -0.15) is 5.26 Å². The van der Waals surface area contributed by atoms with Crippen molar-refractivity contribution >= 4 is 17.3 Å². The molecule has 0 aliphatic rings. The fourth-order valence-corrected chi connectivity index (χ4v) is 2.69. The minimum Gasteiger partial charge on any atom is -0.379 e. The molecular formula is C15H21ClN2. The first kappa shape index (κ1) is 14.9. The van der Waals surface area contributed by atoms with Gasteiger partial charge in [-0.25, -0.2) is 0 Å². The summed E-state index contributed by atoms with van der Waals surface area (Å²) in [6, 6.07) is 7.65. The van der Waals surface area contributed by atoms with Crippen LogP contribution in [0.5, 0.6) is 0 Å². The number of benzene rings is 1. The maximum atomic E-state index is 9.15. The predicted molar refractivity (Wildman–Crippen MR) is 77.9 cm³/mol. The van der Waals surface area contributed by atoms with E-state index >= 15 is 0 Å². The summed E-state index contributed by atoms with van der Waals surface area (Å²) in [7, 11) is 0. The van der Waals surface area contributed by atoms with Crippen molar-refractivity contribution in [2.75, 3.05) is 5.32 Å². The van der Waals surface area contributed by atoms with E-state index in [1.807, 2.05) is 12.1 Å². The first-order valence-corrected chi connectivity index (χ1v) is 6.49. The van der Waals surface area contributed by atoms with Gasteiger partial charge < -0.3 is 5.32 Å². The lowest BCUT2D eigenvalue weighted by molar-refractivity contribution is 0.302. The summed E-state index contributed by atoms with van der Waals surface area (Å²) in [6.45, 7) is 10.9. The zero-order valence-electron chi connectivity index (χ0n) is 11.8. The zero-order chi connectivity index (χ0) is 14.0. The summed E-state index contributed by atoms with van der Waals surface area (Å²) < 4.78 is 0. The minimum absolute atomic E-state index is 0.0888. The number of hydrogen-bond donors (Lipinski definition) is 1. The Balaban J connectivity index is 2.98. The molecule has 1 N–H and O–H groups in total. The quantitative estimate of drug-likeness (QED) is 0.848. The Kier molecular flexibility index (Phi) is 4.29. The van der Waals surface area contributed by atoms with Crippen LogP contribution in [0.4, 0.5) is 5.69 Å². The fraction of sp³-hybridized carbons (Fsp3) is 0.533. The topological polar surface area (TPSA) is 35.8 Å². The third-order valence-electron chi connectivity index (χ3n) is 2.57. The number of nitriles is 1. The molecule has 0 unspecified atom stereocenters. The van der Waals surface area contributed by atoms with Crippen LogP contribution in [0.3, 0.4) is 0 Å². The summed E-state index contributed by atoms with van der Waals surface area (Å²) in [6.07, 6.45) is 0.997. The number of nitrogens with zero attached hydrogens (tertiary/aromatic N) is 1. The van der Waals surface area contributed by atoms with E-state index < -0.39 is 0 Å². The molecule has 0 aromatic heterocycles. The van der Waals surface area contributed by atoms with E-state index in [1.54, 1.807) is 6.07 Å². The van der Waals surface area contributed by atoms with Crippen molar-refractivity contribution in [2.24, 2.45) is 5.41 Å². The third-order valence-corrected chi connectivity index (χ3v) is 2.89. The molecule has 0 saturated carbocycles. The number of hydrogen-bond acceptors (Lipinski definition) is 2. The normalized spacial score (nSPS) is 12.1. The Morgan fingerprint density at radius 3 is 2.33 bits per heavy atom. The molecule has 18 heavy (non-hydrogen) atoms. The average Bonchev–Trinajstić information content (AvgIpc) is 2.13. The van der Waals surface area contributed by atoms with E-state index in [9.17, 15) is 0 Å². The molecule has 0 amide bonds. The van der Waals surface area contributed by atoms with E-state index in [-0.39, 0.29) is 11.0 Å². The molecule has 3 heteroatoms. The lowest BCUT2D eigenvalue weighted by Crippen LogP contribution is -2.35. The van der Waals surface area contributed by atoms with Crippen LogP contribution in [0.2, 0.25) is 5.02 Å². The summed E-state index contributed by atoms with van der Waals surface area (Å²) in [5.74, 6) is 0. The van der Waals surface area contributed by atoms with Crippen molar-refractivity contribution in [3.8, 4) is 6.07 Å². The number of anilines is 1. The van der Waals surface area contributed by atoms with Crippen molar-refractivity contribution in [3.05, 3.63) is 28.8 Å². The first-order valence-electron chi connectivity index (χ1n) is 6.11. The second-order valence-electron chi connectivity index (χ2n) is 6.52. The Morgan fingerprint density at radius 1 is 1.22 bits per heavy atom. The van der Waals surface area contributed by atoms with Crippen molar-refractivity contribution in [2.45, 2.75) is 46.6 Å². The van der Waals surface area contributed by atoms with Gasteiger partial charge in [-0.1, -0.05) is 38.4 Å². The Bertz CT molecular complexity index is 464. The lowest BCUT2D eigenvalue weighted by atomic mass is 9.81. The molecule has 0 saturated heterocycles. The van der Waals surface area contributed by atoms with Crippen LogP contribution in [0.25, 0.3) is 0 Å². The van der Waals surface area contributed by atoms with Crippen molar-refractivity contribution < 1.29 is 0 Å². The molecule has 0 aliphatic carbocycles. The smallest absolute Gasteiger partial charge is 0.103 e. The molecular weight excluding hydrogens is 244 g/mol. The molecule has 0 aliphatic heterocycles. The highest BCUT2D eigenvalue weighted by atomic mass is 35.5. The van der Waals surface area contributed by atoms with Gasteiger partial charge >= 0.3 is 0 Å². The van der Waals surface area contributed by atoms with Gasteiger partial charge in [-0.3, -0.25) is 0 Å². The highest BCUT2D eigenvalue weighted by Crippen LogP contribution is 2.32. The van der Waals surface area contributed by atoms with Crippen LogP contribution in [0.1, 0.15) is 46.6 Å². The largest absolute Gasteiger partial charge is 0.379 e. The SMILES string of the molecule is CC(C)(C)CC(C)(C)Nc1cccc(Cl)c1C#N. The van der Waals surface area contributed by atoms with E-state index in [2.05, 4.69) is 46.0 Å². The van der Waals surface area contributed by atoms with E-state index in [0.29, 0.717) is 10.6 Å². The van der Waals surface area contributed by atoms with Crippen molar-refractivity contribution in [3.63, 3.8) is 0 Å². The molecule has 1 rings (SSSR count). The Labute approximate surface area is 115 Å². The van der Waals surface area contributed by atoms with Gasteiger partial charge in [0.2, 0.25) is 0 Å². The molecule has 0 heterocycles. The molecule has 2 nitrogen and oxygen atoms in total. The molecule has 0 fully saturated rings. The van der Waals surface area contributed by atoms with E-state index in [1.165, 1.54) is 0 Å². The average molecular weight is 265 g/mol. The highest BCUT2D eigenvalue weighted by molar-refractivity contribution is 6.32. The molecule has 0 bridgehead atoms. The van der Waals surface area contributed by atoms with Crippen LogP contribution in [0.15, 0.2) is 18.2 Å². The number of nitrogens with one attached hydrogen (secondary N) is 1. The van der Waals surface area contributed by atoms with Gasteiger partial charge in [0.25, 0.3) is 0 Å². The zero-order valence-corrected chi connectivity index (χ0v) is 12.5. The third kappa shape index (κ3) is 4.23. The predicted octanol–water partition coefficient (Wildman–Crippen LogP) is 4.84. The first-order chi connectivity index (χ1) is 8.14. The minimum atomic E-state index is -0.0888. The fourth-order valence-electron chi connectivity index (χ4n) is 2.48. The van der Waals surface area contributed by atoms with Crippen LogP contribution in [-0.2, 0) is 0 Å². The van der Waals surface area contributed by atoms with Gasteiger partial charge in [-0.05, 0) is 37.8 Å². The van der Waals surface area contributed by atoms with Gasteiger partial charge in [0, 0.05) is 5.54 Å². The molecule has 1 aromatic rings. The summed E-state index contributed by atoms with van der Waals surface area (Å²) in [5.41, 5.74) is 1.46.